The molecule has 0 atom stereocenters. The molecule has 0 unspecified atom stereocenters. The van der Waals surface area contributed by atoms with Crippen LogP contribution in [0.5, 0.6) is 17.4 Å². The molecule has 2 aromatic rings. The van der Waals surface area contributed by atoms with Gasteiger partial charge in [-0.3, -0.25) is 0 Å². The van der Waals surface area contributed by atoms with Crippen molar-refractivity contribution in [2.24, 2.45) is 0 Å². The number of methoxy groups -OCH3 is 1. The predicted octanol–water partition coefficient (Wildman–Crippen LogP) is 2.46. The number of ether oxygens (including phenoxy) is 2. The van der Waals surface area contributed by atoms with Crippen molar-refractivity contribution in [1.29, 1.82) is 0 Å². The van der Waals surface area contributed by atoms with Crippen molar-refractivity contribution < 1.29 is 9.47 Å². The fourth-order valence-electron chi connectivity index (χ4n) is 1.27. The average Bonchev–Trinajstić information content (AvgIpc) is 2.29. The zero-order valence-electron chi connectivity index (χ0n) is 8.88. The molecule has 0 saturated heterocycles. The minimum atomic E-state index is 0.431. The summed E-state index contributed by atoms with van der Waals surface area (Å²) in [6.07, 6.45) is 0. The Labute approximate surface area is 93.6 Å². The number of pyridine rings is 1. The second kappa shape index (κ2) is 4.53. The second-order valence-corrected chi connectivity index (χ2v) is 3.18. The van der Waals surface area contributed by atoms with E-state index in [9.17, 15) is 0 Å². The number of hydrogen-bond acceptors (Lipinski definition) is 4. The summed E-state index contributed by atoms with van der Waals surface area (Å²) in [4.78, 5) is 4.04. The highest BCUT2D eigenvalue weighted by Gasteiger charge is 2.00. The topological polar surface area (TPSA) is 57.4 Å². The number of hydrogen-bond donors (Lipinski definition) is 1. The molecular weight excluding hydrogens is 204 g/mol. The monoisotopic (exact) mass is 216 g/mol. The third-order valence-electron chi connectivity index (χ3n) is 2.01. The number of anilines is 1. The first kappa shape index (κ1) is 10.3. The quantitative estimate of drug-likeness (QED) is 0.856. The summed E-state index contributed by atoms with van der Waals surface area (Å²) in [7, 11) is 1.61. The summed E-state index contributed by atoms with van der Waals surface area (Å²) in [5.74, 6) is 2.30. The predicted molar refractivity (Wildman–Crippen MR) is 61.7 cm³/mol. The minimum Gasteiger partial charge on any atom is -0.497 e. The van der Waals surface area contributed by atoms with Gasteiger partial charge in [0.05, 0.1) is 7.11 Å². The average molecular weight is 216 g/mol. The molecule has 4 heteroatoms. The van der Waals surface area contributed by atoms with Crippen LogP contribution in [0.15, 0.2) is 42.5 Å². The molecule has 0 amide bonds. The van der Waals surface area contributed by atoms with E-state index in [1.807, 2.05) is 18.2 Å². The van der Waals surface area contributed by atoms with Gasteiger partial charge in [0, 0.05) is 12.1 Å². The summed E-state index contributed by atoms with van der Waals surface area (Å²) in [5.41, 5.74) is 5.55. The standard InChI is InChI=1S/C12H12N2O2/c1-15-9-4-2-5-10(8-9)16-12-7-3-6-11(13)14-12/h2-8H,1H3,(H2,13,14). The molecule has 4 nitrogen and oxygen atoms in total. The molecule has 82 valence electrons. The Morgan fingerprint density at radius 1 is 1.06 bits per heavy atom. The van der Waals surface area contributed by atoms with Crippen LogP contribution in [0.4, 0.5) is 5.82 Å². The molecule has 1 aromatic carbocycles. The Hall–Kier alpha value is -2.23. The molecule has 2 rings (SSSR count). The van der Waals surface area contributed by atoms with Crippen molar-refractivity contribution >= 4 is 5.82 Å². The normalized spacial score (nSPS) is 9.81. The molecule has 1 heterocycles. The molecule has 0 aliphatic carbocycles. The number of nitrogens with zero attached hydrogens (tertiary/aromatic N) is 1. The van der Waals surface area contributed by atoms with Crippen molar-refractivity contribution in [1.82, 2.24) is 4.98 Å². The van der Waals surface area contributed by atoms with Gasteiger partial charge < -0.3 is 15.2 Å². The number of aromatic nitrogens is 1. The first-order chi connectivity index (χ1) is 7.78. The third-order valence-corrected chi connectivity index (χ3v) is 2.01. The summed E-state index contributed by atoms with van der Waals surface area (Å²) in [5, 5.41) is 0. The van der Waals surface area contributed by atoms with Crippen LogP contribution in [0.3, 0.4) is 0 Å². The van der Waals surface area contributed by atoms with E-state index < -0.39 is 0 Å². The minimum absolute atomic E-state index is 0.431. The SMILES string of the molecule is COc1cccc(Oc2cccc(N)n2)c1. The maximum Gasteiger partial charge on any atom is 0.221 e. The highest BCUT2D eigenvalue weighted by molar-refractivity contribution is 5.37. The second-order valence-electron chi connectivity index (χ2n) is 3.18. The van der Waals surface area contributed by atoms with Gasteiger partial charge in [-0.2, -0.15) is 4.98 Å². The van der Waals surface area contributed by atoms with Gasteiger partial charge in [-0.1, -0.05) is 12.1 Å². The maximum absolute atomic E-state index is 5.55. The largest absolute Gasteiger partial charge is 0.497 e. The third kappa shape index (κ3) is 2.42. The Morgan fingerprint density at radius 3 is 2.56 bits per heavy atom. The van der Waals surface area contributed by atoms with Gasteiger partial charge in [0.15, 0.2) is 0 Å². The molecule has 1 aromatic heterocycles. The van der Waals surface area contributed by atoms with Gasteiger partial charge in [0.25, 0.3) is 0 Å². The van der Waals surface area contributed by atoms with Gasteiger partial charge in [0.2, 0.25) is 5.88 Å². The van der Waals surface area contributed by atoms with Crippen LogP contribution < -0.4 is 15.2 Å². The van der Waals surface area contributed by atoms with Crippen LogP contribution in [0.1, 0.15) is 0 Å². The van der Waals surface area contributed by atoms with E-state index >= 15 is 0 Å². The number of benzene rings is 1. The molecule has 16 heavy (non-hydrogen) atoms. The zero-order chi connectivity index (χ0) is 11.4. The van der Waals surface area contributed by atoms with Crippen LogP contribution in [-0.2, 0) is 0 Å². The summed E-state index contributed by atoms with van der Waals surface area (Å²) in [6, 6.07) is 12.5. The van der Waals surface area contributed by atoms with Crippen molar-refractivity contribution in [3.05, 3.63) is 42.5 Å². The lowest BCUT2D eigenvalue weighted by Crippen LogP contribution is -1.93. The number of nitrogens with two attached hydrogens (primary N) is 1. The van der Waals surface area contributed by atoms with Crippen LogP contribution in [0, 0.1) is 0 Å². The Balaban J connectivity index is 2.20. The first-order valence-electron chi connectivity index (χ1n) is 4.82. The molecule has 0 aliphatic heterocycles. The highest BCUT2D eigenvalue weighted by Crippen LogP contribution is 2.23. The van der Waals surface area contributed by atoms with Crippen LogP contribution in [0.2, 0.25) is 0 Å². The van der Waals surface area contributed by atoms with E-state index in [-0.39, 0.29) is 0 Å². The smallest absolute Gasteiger partial charge is 0.221 e. The van der Waals surface area contributed by atoms with Crippen molar-refractivity contribution in [2.45, 2.75) is 0 Å². The summed E-state index contributed by atoms with van der Waals surface area (Å²) >= 11 is 0. The van der Waals surface area contributed by atoms with Gasteiger partial charge in [-0.15, -0.1) is 0 Å². The lowest BCUT2D eigenvalue weighted by molar-refractivity contribution is 0.407. The Kier molecular flexibility index (Phi) is 2.91. The molecule has 2 N–H and O–H groups in total. The van der Waals surface area contributed by atoms with E-state index in [2.05, 4.69) is 4.98 Å². The molecule has 0 spiro atoms. The maximum atomic E-state index is 5.55. The van der Waals surface area contributed by atoms with E-state index in [0.717, 1.165) is 5.75 Å². The fraction of sp³-hybridized carbons (Fsp3) is 0.0833. The fourth-order valence-corrected chi connectivity index (χ4v) is 1.27. The Morgan fingerprint density at radius 2 is 1.81 bits per heavy atom. The summed E-state index contributed by atoms with van der Waals surface area (Å²) in [6.45, 7) is 0. The molecule has 0 aliphatic rings. The molecule has 0 saturated carbocycles. The zero-order valence-corrected chi connectivity index (χ0v) is 8.88. The van der Waals surface area contributed by atoms with Gasteiger partial charge in [-0.05, 0) is 18.2 Å². The van der Waals surface area contributed by atoms with E-state index in [1.54, 1.807) is 31.4 Å². The van der Waals surface area contributed by atoms with Crippen molar-refractivity contribution in [3.8, 4) is 17.4 Å². The van der Waals surface area contributed by atoms with Gasteiger partial charge in [0.1, 0.15) is 17.3 Å². The van der Waals surface area contributed by atoms with E-state index in [1.165, 1.54) is 0 Å². The Bertz CT molecular complexity index is 486. The van der Waals surface area contributed by atoms with Gasteiger partial charge >= 0.3 is 0 Å². The van der Waals surface area contributed by atoms with Crippen LogP contribution >= 0.6 is 0 Å². The lowest BCUT2D eigenvalue weighted by Gasteiger charge is -2.06. The van der Waals surface area contributed by atoms with Crippen molar-refractivity contribution in [2.75, 3.05) is 12.8 Å². The van der Waals surface area contributed by atoms with E-state index in [4.69, 9.17) is 15.2 Å². The lowest BCUT2D eigenvalue weighted by atomic mass is 10.3. The molecule has 0 radical (unpaired) electrons. The molecule has 0 bridgehead atoms. The molecular formula is C12H12N2O2. The van der Waals surface area contributed by atoms with E-state index in [0.29, 0.717) is 17.4 Å². The number of nitrogen functional groups attached to an aromatic ring is 1. The van der Waals surface area contributed by atoms with Crippen LogP contribution in [-0.4, -0.2) is 12.1 Å². The molecule has 0 fully saturated rings. The van der Waals surface area contributed by atoms with Crippen LogP contribution in [0.25, 0.3) is 0 Å². The summed E-state index contributed by atoms with van der Waals surface area (Å²) < 4.78 is 10.6. The first-order valence-corrected chi connectivity index (χ1v) is 4.82. The van der Waals surface area contributed by atoms with Crippen molar-refractivity contribution in [3.63, 3.8) is 0 Å². The highest BCUT2D eigenvalue weighted by atomic mass is 16.5. The number of rotatable bonds is 3. The van der Waals surface area contributed by atoms with Gasteiger partial charge in [-0.25, -0.2) is 0 Å².